The Morgan fingerprint density at radius 3 is 2.23 bits per heavy atom. The van der Waals surface area contributed by atoms with Crippen molar-refractivity contribution in [1.82, 2.24) is 5.32 Å². The number of aliphatic hydroxyl groups is 1. The van der Waals surface area contributed by atoms with Gasteiger partial charge in [-0.15, -0.1) is 0 Å². The molecule has 2 aliphatic rings. The maximum absolute atomic E-state index is 12.4. The van der Waals surface area contributed by atoms with Gasteiger partial charge in [0, 0.05) is 38.2 Å². The van der Waals surface area contributed by atoms with E-state index in [1.165, 1.54) is 32.1 Å². The molecule has 1 saturated carbocycles. The normalized spacial score (nSPS) is 18.0. The van der Waals surface area contributed by atoms with Crippen molar-refractivity contribution in [3.63, 3.8) is 0 Å². The lowest BCUT2D eigenvalue weighted by Crippen LogP contribution is -2.47. The van der Waals surface area contributed by atoms with E-state index in [1.54, 1.807) is 14.2 Å². The highest BCUT2D eigenvalue weighted by molar-refractivity contribution is 5.75. The fraction of sp³-hybridized carbons (Fsp3) is 0.543. The van der Waals surface area contributed by atoms with Crippen molar-refractivity contribution < 1.29 is 14.6 Å². The summed E-state index contributed by atoms with van der Waals surface area (Å²) in [5.74, 6) is 2.54. The maximum Gasteiger partial charge on any atom is 0.253 e. The molecule has 3 aromatic rings. The molecule has 0 bridgehead atoms. The minimum absolute atomic E-state index is 0.0119. The number of nitrogens with one attached hydrogen (secondary N) is 2. The number of piperidine rings is 1. The van der Waals surface area contributed by atoms with E-state index >= 15 is 0 Å². The third-order valence-electron chi connectivity index (χ3n) is 8.71. The summed E-state index contributed by atoms with van der Waals surface area (Å²) >= 11 is 0. The Balaban J connectivity index is 0.000000530. The molecule has 0 amide bonds. The van der Waals surface area contributed by atoms with Crippen molar-refractivity contribution in [2.24, 2.45) is 11.8 Å². The summed E-state index contributed by atoms with van der Waals surface area (Å²) in [4.78, 5) is 26.7. The number of ether oxygens (including phenoxy) is 2. The number of hydrogen-bond acceptors (Lipinski definition) is 8. The summed E-state index contributed by atoms with van der Waals surface area (Å²) in [5.41, 5.74) is 1.94. The topological polar surface area (TPSA) is 100 Å². The smallest absolute Gasteiger partial charge is 0.253 e. The van der Waals surface area contributed by atoms with Gasteiger partial charge in [-0.1, -0.05) is 69.4 Å². The van der Waals surface area contributed by atoms with E-state index < -0.39 is 17.0 Å². The van der Waals surface area contributed by atoms with Crippen LogP contribution in [0.15, 0.2) is 58.1 Å². The predicted molar refractivity (Wildman–Crippen MR) is 174 cm³/mol. The predicted octanol–water partition coefficient (Wildman–Crippen LogP) is 5.43. The second kappa shape index (κ2) is 16.5. The molecule has 1 heterocycles. The molecule has 1 aliphatic heterocycles. The molecule has 0 spiro atoms. The average Bonchev–Trinajstić information content (AvgIpc) is 3.06. The molecule has 2 atom stereocenters. The van der Waals surface area contributed by atoms with Gasteiger partial charge in [-0.2, -0.15) is 0 Å². The number of rotatable bonds is 12. The van der Waals surface area contributed by atoms with Crippen LogP contribution >= 0.6 is 0 Å². The van der Waals surface area contributed by atoms with Crippen molar-refractivity contribution in [2.45, 2.75) is 70.9 Å². The highest BCUT2D eigenvalue weighted by Crippen LogP contribution is 2.33. The van der Waals surface area contributed by atoms with Crippen LogP contribution < -0.4 is 35.9 Å². The first kappa shape index (κ1) is 32.6. The maximum atomic E-state index is 12.4. The summed E-state index contributed by atoms with van der Waals surface area (Å²) in [6, 6.07) is 15.4. The molecular formula is C35H49N3O5. The Labute approximate surface area is 256 Å². The van der Waals surface area contributed by atoms with Gasteiger partial charge in [0.1, 0.15) is 22.9 Å². The first-order valence-corrected chi connectivity index (χ1v) is 15.9. The number of nitrogens with zero attached hydrogens (tertiary/aromatic N) is 1. The zero-order valence-electron chi connectivity index (χ0n) is 26.1. The second-order valence-corrected chi connectivity index (χ2v) is 12.0. The van der Waals surface area contributed by atoms with E-state index in [1.807, 2.05) is 53.4 Å². The molecule has 234 valence electrons. The van der Waals surface area contributed by atoms with Gasteiger partial charge in [-0.3, -0.25) is 9.59 Å². The summed E-state index contributed by atoms with van der Waals surface area (Å²) in [7, 11) is 3.26. The molecule has 1 saturated heterocycles. The van der Waals surface area contributed by atoms with Crippen molar-refractivity contribution in [3.05, 3.63) is 80.1 Å². The van der Waals surface area contributed by atoms with Crippen LogP contribution in [0, 0.1) is 11.8 Å². The van der Waals surface area contributed by atoms with E-state index in [0.29, 0.717) is 37.6 Å². The number of anilines is 2. The van der Waals surface area contributed by atoms with Gasteiger partial charge >= 0.3 is 0 Å². The largest absolute Gasteiger partial charge is 0.497 e. The minimum Gasteiger partial charge on any atom is -0.497 e. The Morgan fingerprint density at radius 1 is 0.907 bits per heavy atom. The molecule has 1 aliphatic carbocycles. The molecule has 0 aromatic heterocycles. The van der Waals surface area contributed by atoms with Gasteiger partial charge in [0.25, 0.3) is 10.9 Å². The first-order chi connectivity index (χ1) is 20.9. The van der Waals surface area contributed by atoms with Crippen LogP contribution in [0.1, 0.15) is 75.5 Å². The lowest BCUT2D eigenvalue weighted by molar-refractivity contribution is 0.0981. The van der Waals surface area contributed by atoms with Crippen LogP contribution in [-0.2, 0) is 6.54 Å². The average molecular weight is 592 g/mol. The summed E-state index contributed by atoms with van der Waals surface area (Å²) in [6.07, 6.45) is 9.38. The Bertz CT molecular complexity index is 1310. The lowest BCUT2D eigenvalue weighted by atomic mass is 9.88. The highest BCUT2D eigenvalue weighted by Gasteiger charge is 2.32. The van der Waals surface area contributed by atoms with Crippen LogP contribution in [0.5, 0.6) is 11.5 Å². The van der Waals surface area contributed by atoms with Crippen molar-refractivity contribution in [3.8, 4) is 11.5 Å². The molecule has 3 N–H and O–H groups in total. The molecule has 2 fully saturated rings. The Kier molecular flexibility index (Phi) is 12.5. The van der Waals surface area contributed by atoms with Gasteiger partial charge in [-0.25, -0.2) is 0 Å². The fourth-order valence-corrected chi connectivity index (χ4v) is 6.17. The molecule has 5 rings (SSSR count). The summed E-state index contributed by atoms with van der Waals surface area (Å²) in [5, 5.41) is 17.4. The molecule has 2 unspecified atom stereocenters. The van der Waals surface area contributed by atoms with Gasteiger partial charge in [0.05, 0.1) is 20.3 Å². The first-order valence-electron chi connectivity index (χ1n) is 15.9. The SMILES string of the molecule is CC1CCCCC1.COc1cc(CNCCCNc2c(N3CCCC(C(O)c4ccccc4)C3)c(=O)c2=O)cc(OC)c1. The standard InChI is InChI=1S/C28H35N3O5.C7H14/c1-35-22-14-19(15-23(16-22)36-2)17-29-11-7-12-30-24-25(28(34)27(24)33)31-13-6-10-21(18-31)26(32)20-8-4-3-5-9-20;1-7-5-3-2-4-6-7/h3-5,8-9,14-16,21,26,29-30,32H,6-7,10-13,17-18H2,1-2H3;7H,2-6H2,1H3. The van der Waals surface area contributed by atoms with Crippen LogP contribution in [-0.4, -0.2) is 45.5 Å². The van der Waals surface area contributed by atoms with Gasteiger partial charge < -0.3 is 30.1 Å². The zero-order chi connectivity index (χ0) is 30.6. The van der Waals surface area contributed by atoms with E-state index in [2.05, 4.69) is 17.6 Å². The van der Waals surface area contributed by atoms with Crippen LogP contribution in [0.25, 0.3) is 0 Å². The molecule has 3 aromatic carbocycles. The fourth-order valence-electron chi connectivity index (χ4n) is 6.17. The van der Waals surface area contributed by atoms with Crippen LogP contribution in [0.3, 0.4) is 0 Å². The third-order valence-corrected chi connectivity index (χ3v) is 8.71. The Morgan fingerprint density at radius 2 is 1.60 bits per heavy atom. The number of aliphatic hydroxyl groups excluding tert-OH is 1. The zero-order valence-corrected chi connectivity index (χ0v) is 26.1. The van der Waals surface area contributed by atoms with Crippen molar-refractivity contribution in [1.29, 1.82) is 0 Å². The van der Waals surface area contributed by atoms with Gasteiger partial charge in [0.15, 0.2) is 0 Å². The molecular weight excluding hydrogens is 542 g/mol. The summed E-state index contributed by atoms with van der Waals surface area (Å²) < 4.78 is 10.6. The van der Waals surface area contributed by atoms with Crippen LogP contribution in [0.4, 0.5) is 11.4 Å². The van der Waals surface area contributed by atoms with E-state index in [-0.39, 0.29) is 5.92 Å². The number of methoxy groups -OCH3 is 2. The van der Waals surface area contributed by atoms with E-state index in [4.69, 9.17) is 9.47 Å². The molecule has 43 heavy (non-hydrogen) atoms. The van der Waals surface area contributed by atoms with E-state index in [9.17, 15) is 14.7 Å². The Hall–Kier alpha value is -3.36. The van der Waals surface area contributed by atoms with Gasteiger partial charge in [-0.05, 0) is 55.0 Å². The van der Waals surface area contributed by atoms with Crippen molar-refractivity contribution >= 4 is 11.4 Å². The third kappa shape index (κ3) is 9.07. The molecule has 0 radical (unpaired) electrons. The van der Waals surface area contributed by atoms with Crippen molar-refractivity contribution in [2.75, 3.05) is 50.6 Å². The monoisotopic (exact) mass is 591 g/mol. The second-order valence-electron chi connectivity index (χ2n) is 12.0. The van der Waals surface area contributed by atoms with Crippen LogP contribution in [0.2, 0.25) is 0 Å². The minimum atomic E-state index is -0.590. The van der Waals surface area contributed by atoms with Gasteiger partial charge in [0.2, 0.25) is 0 Å². The van der Waals surface area contributed by atoms with E-state index in [0.717, 1.165) is 54.4 Å². The molecule has 8 heteroatoms. The number of hydrogen-bond donors (Lipinski definition) is 3. The lowest BCUT2D eigenvalue weighted by Gasteiger charge is -2.37. The quantitative estimate of drug-likeness (QED) is 0.190. The summed E-state index contributed by atoms with van der Waals surface area (Å²) in [6.45, 7) is 5.61. The molecule has 8 nitrogen and oxygen atoms in total. The highest BCUT2D eigenvalue weighted by atomic mass is 16.5. The number of benzene rings is 2.